The molecule has 0 fully saturated rings. The fourth-order valence-corrected chi connectivity index (χ4v) is 2.87. The molecule has 0 unspecified atom stereocenters. The number of nitrogens with zero attached hydrogens (tertiary/aromatic N) is 1. The van der Waals surface area contributed by atoms with E-state index in [1.807, 2.05) is 19.1 Å². The van der Waals surface area contributed by atoms with Crippen LogP contribution in [0.4, 0.5) is 5.69 Å². The predicted molar refractivity (Wildman–Crippen MR) is 102 cm³/mol. The Morgan fingerprint density at radius 3 is 2.00 bits per heavy atom. The third-order valence-corrected chi connectivity index (χ3v) is 4.54. The molecule has 2 atom stereocenters. The number of hydrogen-bond acceptors (Lipinski definition) is 5. The average Bonchev–Trinajstić information content (AvgIpc) is 2.93. The fourth-order valence-electron chi connectivity index (χ4n) is 2.87. The van der Waals surface area contributed by atoms with Crippen LogP contribution in [0.2, 0.25) is 0 Å². The maximum atomic E-state index is 12.5. The second kappa shape index (κ2) is 7.64. The van der Waals surface area contributed by atoms with E-state index >= 15 is 0 Å². The smallest absolute Gasteiger partial charge is 0.329 e. The molecule has 0 aliphatic carbocycles. The van der Waals surface area contributed by atoms with Crippen LogP contribution in [-0.4, -0.2) is 40.7 Å². The van der Waals surface area contributed by atoms with Crippen LogP contribution >= 0.6 is 0 Å². The molecule has 0 spiro atoms. The van der Waals surface area contributed by atoms with Crippen LogP contribution in [0.3, 0.4) is 0 Å². The van der Waals surface area contributed by atoms with Crippen molar-refractivity contribution in [2.45, 2.75) is 32.9 Å². The number of hydrogen-bond donors (Lipinski definition) is 1. The highest BCUT2D eigenvalue weighted by atomic mass is 16.5. The highest BCUT2D eigenvalue weighted by Crippen LogP contribution is 2.25. The van der Waals surface area contributed by atoms with Gasteiger partial charge in [-0.2, -0.15) is 0 Å². The van der Waals surface area contributed by atoms with E-state index in [1.165, 1.54) is 26.0 Å². The third-order valence-electron chi connectivity index (χ3n) is 4.54. The van der Waals surface area contributed by atoms with Crippen LogP contribution in [0.5, 0.6) is 0 Å². The number of nitrogens with one attached hydrogen (secondary N) is 1. The first-order valence-corrected chi connectivity index (χ1v) is 8.84. The largest absolute Gasteiger partial charge is 0.451 e. The zero-order valence-electron chi connectivity index (χ0n) is 15.8. The van der Waals surface area contributed by atoms with Crippen LogP contribution < -0.4 is 5.32 Å². The molecule has 144 valence electrons. The number of rotatable bonds is 5. The van der Waals surface area contributed by atoms with Crippen molar-refractivity contribution in [1.82, 2.24) is 4.90 Å². The molecule has 7 heteroatoms. The summed E-state index contributed by atoms with van der Waals surface area (Å²) in [6.45, 7) is 4.75. The van der Waals surface area contributed by atoms with E-state index in [2.05, 4.69) is 5.32 Å². The average molecular weight is 380 g/mol. The zero-order chi connectivity index (χ0) is 20.4. The molecule has 2 aromatic carbocycles. The van der Waals surface area contributed by atoms with E-state index in [9.17, 15) is 19.2 Å². The van der Waals surface area contributed by atoms with Gasteiger partial charge in [-0.3, -0.25) is 19.3 Å². The van der Waals surface area contributed by atoms with Gasteiger partial charge in [-0.1, -0.05) is 29.8 Å². The van der Waals surface area contributed by atoms with Gasteiger partial charge in [0.15, 0.2) is 6.10 Å². The highest BCUT2D eigenvalue weighted by molar-refractivity contribution is 6.22. The summed E-state index contributed by atoms with van der Waals surface area (Å²) in [5.41, 5.74) is 2.12. The number of imide groups is 1. The van der Waals surface area contributed by atoms with E-state index in [1.54, 1.807) is 24.3 Å². The Labute approximate surface area is 162 Å². The van der Waals surface area contributed by atoms with E-state index in [-0.39, 0.29) is 11.1 Å². The molecule has 1 N–H and O–H groups in total. The van der Waals surface area contributed by atoms with Crippen molar-refractivity contribution >= 4 is 29.4 Å². The molecular weight excluding hydrogens is 360 g/mol. The van der Waals surface area contributed by atoms with Gasteiger partial charge in [0, 0.05) is 5.69 Å². The van der Waals surface area contributed by atoms with Crippen LogP contribution in [0.15, 0.2) is 48.5 Å². The van der Waals surface area contributed by atoms with Gasteiger partial charge >= 0.3 is 5.97 Å². The summed E-state index contributed by atoms with van der Waals surface area (Å²) >= 11 is 0. The van der Waals surface area contributed by atoms with Gasteiger partial charge in [0.05, 0.1) is 11.1 Å². The Bertz CT molecular complexity index is 917. The van der Waals surface area contributed by atoms with Crippen molar-refractivity contribution in [3.05, 3.63) is 65.2 Å². The summed E-state index contributed by atoms with van der Waals surface area (Å²) in [5.74, 6) is -2.45. The predicted octanol–water partition coefficient (Wildman–Crippen LogP) is 2.55. The Morgan fingerprint density at radius 2 is 1.46 bits per heavy atom. The summed E-state index contributed by atoms with van der Waals surface area (Å²) in [5, 5.41) is 2.65. The topological polar surface area (TPSA) is 92.8 Å². The lowest BCUT2D eigenvalue weighted by Crippen LogP contribution is -2.45. The first-order chi connectivity index (χ1) is 13.3. The van der Waals surface area contributed by atoms with Gasteiger partial charge in [0.2, 0.25) is 0 Å². The van der Waals surface area contributed by atoms with Crippen molar-refractivity contribution in [2.24, 2.45) is 0 Å². The van der Waals surface area contributed by atoms with Gasteiger partial charge in [-0.25, -0.2) is 4.79 Å². The lowest BCUT2D eigenvalue weighted by atomic mass is 10.1. The molecule has 0 bridgehead atoms. The Morgan fingerprint density at radius 1 is 0.929 bits per heavy atom. The van der Waals surface area contributed by atoms with E-state index in [0.717, 1.165) is 10.5 Å². The van der Waals surface area contributed by atoms with E-state index in [4.69, 9.17) is 4.74 Å². The SMILES string of the molecule is Cc1ccc(NC(=O)[C@H](C)OC(=O)[C@H](C)N2C(=O)c3ccccc3C2=O)cc1. The number of ether oxygens (including phenoxy) is 1. The molecule has 1 aliphatic heterocycles. The summed E-state index contributed by atoms with van der Waals surface area (Å²) in [6, 6.07) is 12.4. The summed E-state index contributed by atoms with van der Waals surface area (Å²) < 4.78 is 5.18. The Kier molecular flexibility index (Phi) is 5.26. The highest BCUT2D eigenvalue weighted by Gasteiger charge is 2.41. The van der Waals surface area contributed by atoms with Gasteiger partial charge in [0.1, 0.15) is 6.04 Å². The fraction of sp³-hybridized carbons (Fsp3) is 0.238. The summed E-state index contributed by atoms with van der Waals surface area (Å²) in [4.78, 5) is 50.5. The number of esters is 1. The Balaban J connectivity index is 1.64. The molecule has 3 amide bonds. The van der Waals surface area contributed by atoms with Crippen LogP contribution in [-0.2, 0) is 14.3 Å². The first kappa shape index (κ1) is 19.3. The zero-order valence-corrected chi connectivity index (χ0v) is 15.8. The van der Waals surface area contributed by atoms with E-state index in [0.29, 0.717) is 5.69 Å². The second-order valence-corrected chi connectivity index (χ2v) is 6.64. The second-order valence-electron chi connectivity index (χ2n) is 6.64. The maximum absolute atomic E-state index is 12.5. The molecular formula is C21H20N2O5. The van der Waals surface area contributed by atoms with Gasteiger partial charge in [-0.05, 0) is 45.0 Å². The van der Waals surface area contributed by atoms with Crippen molar-refractivity contribution in [3.63, 3.8) is 0 Å². The lowest BCUT2D eigenvalue weighted by Gasteiger charge is -2.22. The van der Waals surface area contributed by atoms with Crippen molar-refractivity contribution in [3.8, 4) is 0 Å². The minimum atomic E-state index is -1.15. The van der Waals surface area contributed by atoms with Crippen LogP contribution in [0.25, 0.3) is 0 Å². The Hall–Kier alpha value is -3.48. The molecule has 7 nitrogen and oxygen atoms in total. The summed E-state index contributed by atoms with van der Waals surface area (Å²) in [7, 11) is 0. The number of amides is 3. The molecule has 0 aromatic heterocycles. The quantitative estimate of drug-likeness (QED) is 0.636. The standard InChI is InChI=1S/C21H20N2O5/c1-12-8-10-15(11-9-12)22-18(24)14(3)28-21(27)13(2)23-19(25)16-6-4-5-7-17(16)20(23)26/h4-11,13-14H,1-3H3,(H,22,24)/t13-,14-/m0/s1. The minimum absolute atomic E-state index is 0.248. The molecule has 0 saturated carbocycles. The number of carbonyl (C=O) groups excluding carboxylic acids is 4. The van der Waals surface area contributed by atoms with Crippen LogP contribution in [0, 0.1) is 6.92 Å². The third kappa shape index (κ3) is 3.64. The van der Waals surface area contributed by atoms with Gasteiger partial charge in [0.25, 0.3) is 17.7 Å². The molecule has 1 aliphatic rings. The maximum Gasteiger partial charge on any atom is 0.329 e. The molecule has 0 saturated heterocycles. The van der Waals surface area contributed by atoms with Crippen molar-refractivity contribution < 1.29 is 23.9 Å². The van der Waals surface area contributed by atoms with Gasteiger partial charge in [-0.15, -0.1) is 0 Å². The monoisotopic (exact) mass is 380 g/mol. The molecule has 2 aromatic rings. The number of benzene rings is 2. The van der Waals surface area contributed by atoms with Crippen LogP contribution in [0.1, 0.15) is 40.1 Å². The van der Waals surface area contributed by atoms with E-state index < -0.39 is 35.8 Å². The number of aryl methyl sites for hydroxylation is 1. The summed E-state index contributed by atoms with van der Waals surface area (Å²) in [6.07, 6.45) is -1.09. The lowest BCUT2D eigenvalue weighted by molar-refractivity contribution is -0.156. The van der Waals surface area contributed by atoms with Crippen molar-refractivity contribution in [1.29, 1.82) is 0 Å². The number of carbonyl (C=O) groups is 4. The minimum Gasteiger partial charge on any atom is -0.451 e. The molecule has 1 heterocycles. The van der Waals surface area contributed by atoms with Gasteiger partial charge < -0.3 is 10.1 Å². The molecule has 28 heavy (non-hydrogen) atoms. The molecule has 0 radical (unpaired) electrons. The first-order valence-electron chi connectivity index (χ1n) is 8.84. The normalized spacial score (nSPS) is 15.0. The van der Waals surface area contributed by atoms with Crippen molar-refractivity contribution in [2.75, 3.05) is 5.32 Å². The molecule has 3 rings (SSSR count). The number of fused-ring (bicyclic) bond motifs is 1. The number of anilines is 1.